The fourth-order valence-corrected chi connectivity index (χ4v) is 1.89. The number of rotatable bonds is 3. The third-order valence-electron chi connectivity index (χ3n) is 2.17. The summed E-state index contributed by atoms with van der Waals surface area (Å²) in [6.45, 7) is 0. The van der Waals surface area contributed by atoms with Crippen LogP contribution in [0.4, 0.5) is 0 Å². The van der Waals surface area contributed by atoms with Gasteiger partial charge in [-0.3, -0.25) is 0 Å². The third-order valence-corrected chi connectivity index (χ3v) is 3.05. The summed E-state index contributed by atoms with van der Waals surface area (Å²) in [6.07, 6.45) is 3.77. The summed E-state index contributed by atoms with van der Waals surface area (Å²) in [5, 5.41) is 8.05. The van der Waals surface area contributed by atoms with E-state index < -0.39 is 0 Å². The summed E-state index contributed by atoms with van der Waals surface area (Å²) in [5.41, 5.74) is 7.61. The first-order valence-corrected chi connectivity index (χ1v) is 6.03. The van der Waals surface area contributed by atoms with Crippen LogP contribution in [0.1, 0.15) is 5.56 Å². The van der Waals surface area contributed by atoms with Crippen molar-refractivity contribution in [1.29, 1.82) is 0 Å². The van der Waals surface area contributed by atoms with Gasteiger partial charge in [-0.1, -0.05) is 30.0 Å². The molecule has 0 aliphatic carbocycles. The summed E-state index contributed by atoms with van der Waals surface area (Å²) in [4.78, 5) is 0. The zero-order chi connectivity index (χ0) is 12.1. The molecule has 0 aliphatic rings. The molecule has 0 spiro atoms. The summed E-state index contributed by atoms with van der Waals surface area (Å²) >= 11 is 1.39. The molecule has 0 radical (unpaired) electrons. The number of nitrogens with zero attached hydrogens (tertiary/aromatic N) is 3. The van der Waals surface area contributed by atoms with Crippen LogP contribution >= 0.6 is 11.8 Å². The van der Waals surface area contributed by atoms with Gasteiger partial charge < -0.3 is 11.6 Å². The molecule has 0 bridgehead atoms. The molecule has 0 saturated heterocycles. The first kappa shape index (κ1) is 11.5. The van der Waals surface area contributed by atoms with E-state index in [1.54, 1.807) is 0 Å². The van der Waals surface area contributed by atoms with Gasteiger partial charge in [-0.15, -0.1) is 0 Å². The Morgan fingerprint density at radius 2 is 2.12 bits per heavy atom. The molecule has 1 aromatic heterocycles. The van der Waals surface area contributed by atoms with Crippen molar-refractivity contribution in [1.82, 2.24) is 9.78 Å². The van der Waals surface area contributed by atoms with Crippen LogP contribution in [0, 0.1) is 0 Å². The van der Waals surface area contributed by atoms with E-state index in [0.29, 0.717) is 10.9 Å². The summed E-state index contributed by atoms with van der Waals surface area (Å²) in [7, 11) is 0. The van der Waals surface area contributed by atoms with Crippen molar-refractivity contribution in [3.63, 3.8) is 0 Å². The lowest BCUT2D eigenvalue weighted by atomic mass is 10.3. The second-order valence-electron chi connectivity index (χ2n) is 3.38. The molecular weight excluding hydrogens is 234 g/mol. The van der Waals surface area contributed by atoms with Crippen LogP contribution in [0.5, 0.6) is 0 Å². The van der Waals surface area contributed by atoms with Crippen molar-refractivity contribution < 1.29 is 0 Å². The molecule has 0 aliphatic heterocycles. The smallest absolute Gasteiger partial charge is 0.177 e. The molecule has 1 heterocycles. The lowest BCUT2D eigenvalue weighted by molar-refractivity contribution is 0.880. The summed E-state index contributed by atoms with van der Waals surface area (Å²) in [5.74, 6) is 5.76. The maximum atomic E-state index is 5.50. The molecule has 0 atom stereocenters. The standard InChI is InChI=1S/C11H13N5S/c12-11(15-13)17-8-9-6-14-16(7-9)10-4-2-1-3-5-10/h1-7H,8,13H2,(H2,12,15). The molecule has 0 saturated carbocycles. The van der Waals surface area contributed by atoms with Crippen LogP contribution in [-0.2, 0) is 5.75 Å². The Kier molecular flexibility index (Phi) is 3.66. The molecule has 0 amide bonds. The average molecular weight is 247 g/mol. The Bertz CT molecular complexity index is 506. The van der Waals surface area contributed by atoms with Crippen molar-refractivity contribution in [3.8, 4) is 5.69 Å². The highest BCUT2D eigenvalue weighted by molar-refractivity contribution is 8.13. The Morgan fingerprint density at radius 3 is 2.82 bits per heavy atom. The number of hydrogen-bond donors (Lipinski definition) is 2. The molecule has 17 heavy (non-hydrogen) atoms. The largest absolute Gasteiger partial charge is 0.377 e. The van der Waals surface area contributed by atoms with Crippen LogP contribution in [0.3, 0.4) is 0 Å². The zero-order valence-electron chi connectivity index (χ0n) is 9.15. The number of amidine groups is 1. The maximum absolute atomic E-state index is 5.50. The highest BCUT2D eigenvalue weighted by atomic mass is 32.2. The van der Waals surface area contributed by atoms with Gasteiger partial charge in [-0.05, 0) is 12.1 Å². The predicted molar refractivity (Wildman–Crippen MR) is 70.7 cm³/mol. The number of thioether (sulfide) groups is 1. The number of benzene rings is 1. The SMILES string of the molecule is NN=C(N)SCc1cnn(-c2ccccc2)c1. The van der Waals surface area contributed by atoms with E-state index >= 15 is 0 Å². The fraction of sp³-hybridized carbons (Fsp3) is 0.0909. The number of nitrogens with two attached hydrogens (primary N) is 2. The molecule has 0 fully saturated rings. The van der Waals surface area contributed by atoms with Crippen LogP contribution in [0.15, 0.2) is 47.8 Å². The number of hydrazone groups is 1. The highest BCUT2D eigenvalue weighted by Gasteiger charge is 2.01. The third kappa shape index (κ3) is 3.01. The topological polar surface area (TPSA) is 82.2 Å². The maximum Gasteiger partial charge on any atom is 0.177 e. The zero-order valence-corrected chi connectivity index (χ0v) is 9.97. The lowest BCUT2D eigenvalue weighted by Crippen LogP contribution is -2.09. The van der Waals surface area contributed by atoms with E-state index in [0.717, 1.165) is 11.3 Å². The van der Waals surface area contributed by atoms with Gasteiger partial charge in [0.15, 0.2) is 5.17 Å². The van der Waals surface area contributed by atoms with E-state index in [9.17, 15) is 0 Å². The van der Waals surface area contributed by atoms with Gasteiger partial charge in [0.1, 0.15) is 0 Å². The van der Waals surface area contributed by atoms with E-state index in [2.05, 4.69) is 10.2 Å². The molecule has 6 heteroatoms. The summed E-state index contributed by atoms with van der Waals surface area (Å²) in [6, 6.07) is 9.93. The van der Waals surface area contributed by atoms with Crippen molar-refractivity contribution in [2.45, 2.75) is 5.75 Å². The van der Waals surface area contributed by atoms with Crippen molar-refractivity contribution >= 4 is 16.9 Å². The molecule has 88 valence electrons. The number of para-hydroxylation sites is 1. The van der Waals surface area contributed by atoms with Crippen molar-refractivity contribution in [2.24, 2.45) is 16.7 Å². The van der Waals surface area contributed by atoms with Gasteiger partial charge in [-0.2, -0.15) is 10.2 Å². The lowest BCUT2D eigenvalue weighted by Gasteiger charge is -1.99. The van der Waals surface area contributed by atoms with Crippen LogP contribution < -0.4 is 11.6 Å². The Morgan fingerprint density at radius 1 is 1.35 bits per heavy atom. The first-order valence-electron chi connectivity index (χ1n) is 5.04. The average Bonchev–Trinajstić information content (AvgIpc) is 2.86. The fourth-order valence-electron chi connectivity index (χ4n) is 1.35. The molecule has 2 rings (SSSR count). The monoisotopic (exact) mass is 247 g/mol. The second-order valence-corrected chi connectivity index (χ2v) is 4.38. The quantitative estimate of drug-likeness (QED) is 0.370. The molecular formula is C11H13N5S. The number of aromatic nitrogens is 2. The Hall–Kier alpha value is -1.95. The van der Waals surface area contributed by atoms with Gasteiger partial charge in [0, 0.05) is 17.5 Å². The Labute approximate surface area is 103 Å². The molecule has 4 N–H and O–H groups in total. The Balaban J connectivity index is 2.06. The van der Waals surface area contributed by atoms with Gasteiger partial charge in [0.25, 0.3) is 0 Å². The van der Waals surface area contributed by atoms with Gasteiger partial charge in [0.2, 0.25) is 0 Å². The molecule has 0 unspecified atom stereocenters. The molecule has 5 nitrogen and oxygen atoms in total. The van der Waals surface area contributed by atoms with Crippen LogP contribution in [0.25, 0.3) is 5.69 Å². The van der Waals surface area contributed by atoms with Crippen LogP contribution in [0.2, 0.25) is 0 Å². The predicted octanol–water partition coefficient (Wildman–Crippen LogP) is 1.29. The molecule has 1 aromatic carbocycles. The van der Waals surface area contributed by atoms with Gasteiger partial charge in [0.05, 0.1) is 11.9 Å². The normalized spacial score (nSPS) is 11.6. The summed E-state index contributed by atoms with van der Waals surface area (Å²) < 4.78 is 1.83. The van der Waals surface area contributed by atoms with E-state index in [4.69, 9.17) is 11.6 Å². The second kappa shape index (κ2) is 5.40. The van der Waals surface area contributed by atoms with Crippen molar-refractivity contribution in [2.75, 3.05) is 0 Å². The van der Waals surface area contributed by atoms with Crippen molar-refractivity contribution in [3.05, 3.63) is 48.3 Å². The van der Waals surface area contributed by atoms with Gasteiger partial charge in [-0.25, -0.2) is 4.68 Å². The minimum Gasteiger partial charge on any atom is -0.377 e. The van der Waals surface area contributed by atoms with Gasteiger partial charge >= 0.3 is 0 Å². The van der Waals surface area contributed by atoms with E-state index in [1.807, 2.05) is 47.4 Å². The molecule has 2 aromatic rings. The minimum atomic E-state index is 0.373. The first-order chi connectivity index (χ1) is 8.29. The van der Waals surface area contributed by atoms with E-state index in [1.165, 1.54) is 11.8 Å². The van der Waals surface area contributed by atoms with E-state index in [-0.39, 0.29) is 0 Å². The number of hydrogen-bond acceptors (Lipinski definition) is 4. The van der Waals surface area contributed by atoms with Crippen LogP contribution in [-0.4, -0.2) is 14.9 Å². The minimum absolute atomic E-state index is 0.373. The highest BCUT2D eigenvalue weighted by Crippen LogP contribution is 2.13.